The summed E-state index contributed by atoms with van der Waals surface area (Å²) in [5.41, 5.74) is -2.93. The molecule has 6 fully saturated rings. The van der Waals surface area contributed by atoms with Gasteiger partial charge in [-0.25, -0.2) is 0 Å². The van der Waals surface area contributed by atoms with Crippen molar-refractivity contribution in [2.75, 3.05) is 6.61 Å². The van der Waals surface area contributed by atoms with Crippen molar-refractivity contribution in [3.63, 3.8) is 0 Å². The van der Waals surface area contributed by atoms with E-state index in [0.717, 1.165) is 18.4 Å². The quantitative estimate of drug-likeness (QED) is 0.110. The van der Waals surface area contributed by atoms with Crippen molar-refractivity contribution in [2.45, 2.75) is 174 Å². The number of aliphatic hydroxyl groups excluding tert-OH is 7. The lowest BCUT2D eigenvalue weighted by atomic mass is 9.33. The Morgan fingerprint density at radius 2 is 1.43 bits per heavy atom. The summed E-state index contributed by atoms with van der Waals surface area (Å²) in [7, 11) is 0. The van der Waals surface area contributed by atoms with Crippen LogP contribution in [0.2, 0.25) is 0 Å². The van der Waals surface area contributed by atoms with Gasteiger partial charge in [-0.1, -0.05) is 53.2 Å². The van der Waals surface area contributed by atoms with Crippen LogP contribution in [0.25, 0.3) is 0 Å². The van der Waals surface area contributed by atoms with Crippen LogP contribution in [-0.2, 0) is 28.5 Å². The molecule has 2 aliphatic heterocycles. The highest BCUT2D eigenvalue weighted by molar-refractivity contribution is 5.85. The zero-order chi connectivity index (χ0) is 41.1. The fourth-order valence-electron chi connectivity index (χ4n) is 13.9. The van der Waals surface area contributed by atoms with Crippen molar-refractivity contribution in [1.82, 2.24) is 0 Å². The van der Waals surface area contributed by atoms with Gasteiger partial charge in [-0.15, -0.1) is 0 Å². The molecule has 56 heavy (non-hydrogen) atoms. The van der Waals surface area contributed by atoms with Gasteiger partial charge >= 0.3 is 11.9 Å². The molecule has 0 unspecified atom stereocenters. The Bertz CT molecular complexity index is 1550. The summed E-state index contributed by atoms with van der Waals surface area (Å²) in [5.74, 6) is -1.73. The van der Waals surface area contributed by atoms with Crippen molar-refractivity contribution in [3.8, 4) is 0 Å². The Labute approximate surface area is 329 Å². The van der Waals surface area contributed by atoms with Gasteiger partial charge in [-0.05, 0) is 111 Å². The lowest BCUT2D eigenvalue weighted by Crippen LogP contribution is -2.68. The number of carbonyl (C=O) groups is 2. The molecule has 14 nitrogen and oxygen atoms in total. The highest BCUT2D eigenvalue weighted by atomic mass is 16.7. The molecule has 0 aromatic rings. The number of esters is 1. The summed E-state index contributed by atoms with van der Waals surface area (Å²) < 4.78 is 23.9. The largest absolute Gasteiger partial charge is 0.481 e. The normalized spacial score (nSPS) is 54.0. The molecule has 20 atom stereocenters. The van der Waals surface area contributed by atoms with Gasteiger partial charge in [0.2, 0.25) is 6.29 Å². The van der Waals surface area contributed by atoms with Crippen molar-refractivity contribution >= 4 is 11.9 Å². The topological polar surface area (TPSA) is 233 Å². The number of hydrogen-bond donors (Lipinski definition) is 8. The molecule has 0 aromatic heterocycles. The molecule has 0 spiro atoms. The van der Waals surface area contributed by atoms with Crippen molar-refractivity contribution < 1.29 is 69.4 Å². The van der Waals surface area contributed by atoms with Crippen LogP contribution in [-0.4, -0.2) is 127 Å². The summed E-state index contributed by atoms with van der Waals surface area (Å²) in [6.45, 7) is 14.0. The van der Waals surface area contributed by atoms with E-state index in [9.17, 15) is 50.4 Å². The van der Waals surface area contributed by atoms with Crippen molar-refractivity contribution in [2.24, 2.45) is 56.7 Å². The van der Waals surface area contributed by atoms with Gasteiger partial charge in [0.15, 0.2) is 6.29 Å². The minimum atomic E-state index is -1.74. The number of aliphatic hydroxyl groups is 7. The van der Waals surface area contributed by atoms with Gasteiger partial charge < -0.3 is 59.8 Å². The van der Waals surface area contributed by atoms with Crippen LogP contribution in [0.1, 0.15) is 106 Å². The van der Waals surface area contributed by atoms with Crippen LogP contribution in [0.4, 0.5) is 0 Å². The maximum Gasteiger partial charge on any atom is 0.315 e. The second-order valence-corrected chi connectivity index (χ2v) is 20.0. The number of aliphatic carboxylic acids is 1. The molecule has 8 N–H and O–H groups in total. The third-order valence-electron chi connectivity index (χ3n) is 17.3. The summed E-state index contributed by atoms with van der Waals surface area (Å²) >= 11 is 0. The number of carboxylic acid groups (broad SMARTS) is 1. The number of rotatable bonds is 6. The van der Waals surface area contributed by atoms with Crippen LogP contribution in [0.15, 0.2) is 11.6 Å². The Morgan fingerprint density at radius 1 is 0.768 bits per heavy atom. The molecular weight excluding hydrogens is 728 g/mol. The Kier molecular flexibility index (Phi) is 11.0. The second-order valence-electron chi connectivity index (χ2n) is 20.0. The smallest absolute Gasteiger partial charge is 0.315 e. The maximum atomic E-state index is 14.6. The predicted octanol–water partition coefficient (Wildman–Crippen LogP) is 2.26. The summed E-state index contributed by atoms with van der Waals surface area (Å²) in [6.07, 6.45) is -6.91. The highest BCUT2D eigenvalue weighted by Gasteiger charge is 2.74. The molecule has 14 heteroatoms. The zero-order valence-electron chi connectivity index (χ0n) is 33.9. The first kappa shape index (κ1) is 42.4. The molecular formula is C42H66O14. The average Bonchev–Trinajstić information content (AvgIpc) is 3.14. The number of hydrogen-bond acceptors (Lipinski definition) is 13. The van der Waals surface area contributed by atoms with E-state index in [4.69, 9.17) is 18.9 Å². The summed E-state index contributed by atoms with van der Waals surface area (Å²) in [6, 6.07) is 0. The third kappa shape index (κ3) is 5.85. The van der Waals surface area contributed by atoms with Crippen LogP contribution < -0.4 is 0 Å². The zero-order valence-corrected chi connectivity index (χ0v) is 33.9. The summed E-state index contributed by atoms with van der Waals surface area (Å²) in [5, 5.41) is 84.5. The first-order valence-corrected chi connectivity index (χ1v) is 20.9. The molecule has 0 aromatic carbocycles. The van der Waals surface area contributed by atoms with E-state index in [0.29, 0.717) is 32.1 Å². The molecule has 2 heterocycles. The van der Waals surface area contributed by atoms with Gasteiger partial charge in [0.05, 0.1) is 29.6 Å². The first-order valence-electron chi connectivity index (χ1n) is 20.9. The van der Waals surface area contributed by atoms with Crippen LogP contribution >= 0.6 is 0 Å². The Hall–Kier alpha value is -1.72. The van der Waals surface area contributed by atoms with E-state index < -0.39 is 108 Å². The molecule has 0 radical (unpaired) electrons. The van der Waals surface area contributed by atoms with Gasteiger partial charge in [0.1, 0.15) is 42.7 Å². The first-order chi connectivity index (χ1) is 26.1. The van der Waals surface area contributed by atoms with Gasteiger partial charge in [-0.2, -0.15) is 0 Å². The molecule has 5 aliphatic carbocycles. The minimum absolute atomic E-state index is 0.00720. The number of ether oxygens (including phenoxy) is 4. The van der Waals surface area contributed by atoms with E-state index in [1.807, 2.05) is 0 Å². The van der Waals surface area contributed by atoms with E-state index in [2.05, 4.69) is 47.6 Å². The van der Waals surface area contributed by atoms with Gasteiger partial charge in [0.25, 0.3) is 0 Å². The second kappa shape index (κ2) is 14.5. The lowest BCUT2D eigenvalue weighted by Gasteiger charge is -2.70. The van der Waals surface area contributed by atoms with Gasteiger partial charge in [0, 0.05) is 0 Å². The number of fused-ring (bicyclic) bond motifs is 7. The molecule has 7 aliphatic rings. The molecule has 0 bridgehead atoms. The average molecular weight is 795 g/mol. The molecule has 7 rings (SSSR count). The van der Waals surface area contributed by atoms with E-state index in [1.165, 1.54) is 0 Å². The fraction of sp³-hybridized carbons (Fsp3) is 0.905. The molecule has 0 amide bonds. The van der Waals surface area contributed by atoms with Gasteiger partial charge in [-0.3, -0.25) is 9.59 Å². The molecule has 4 saturated carbocycles. The van der Waals surface area contributed by atoms with E-state index in [1.54, 1.807) is 6.92 Å². The van der Waals surface area contributed by atoms with Crippen LogP contribution in [0, 0.1) is 56.7 Å². The monoisotopic (exact) mass is 794 g/mol. The Balaban J connectivity index is 1.21. The van der Waals surface area contributed by atoms with E-state index in [-0.39, 0.29) is 48.0 Å². The number of carboxylic acids is 1. The van der Waals surface area contributed by atoms with Crippen LogP contribution in [0.5, 0.6) is 0 Å². The number of carbonyl (C=O) groups excluding carboxylic acids is 1. The maximum absolute atomic E-state index is 14.6. The highest BCUT2D eigenvalue weighted by Crippen LogP contribution is 2.76. The Morgan fingerprint density at radius 3 is 2.09 bits per heavy atom. The van der Waals surface area contributed by atoms with Crippen LogP contribution in [0.3, 0.4) is 0 Å². The van der Waals surface area contributed by atoms with E-state index >= 15 is 0 Å². The van der Waals surface area contributed by atoms with Crippen molar-refractivity contribution in [1.29, 1.82) is 0 Å². The third-order valence-corrected chi connectivity index (χ3v) is 17.3. The minimum Gasteiger partial charge on any atom is -0.481 e. The SMILES string of the molecule is C[C@H]1[C@H](C)CC[C@]2(C(=O)O[C@@H]3O[C@H](CO)[C@@H](O)[C@H](O)[C@H]3O)CC[C@]3(C(=O)O)C(=CC[C@@H]4[C@@]5(C)CC[C@H](O[C@@H]6O[C@H](C)[C@@H](O)[C@H](O)[C@H]6O)C(C)(C)[C@@H]5CC[C@]43C)[C@@H]12. The van der Waals surface area contributed by atoms with Crippen molar-refractivity contribution in [3.05, 3.63) is 11.6 Å². The predicted molar refractivity (Wildman–Crippen MR) is 198 cm³/mol. The molecule has 2 saturated heterocycles. The molecule has 318 valence electrons. The lowest BCUT2D eigenvalue weighted by molar-refractivity contribution is -0.324. The fourth-order valence-corrected chi connectivity index (χ4v) is 13.9. The standard InChI is InChI=1S/C42H66O14/c1-19-10-15-41(37(52)56-35-33(49)31(47)29(45)23(18-43)54-35)16-17-42(36(50)51)22(27(41)20(19)2)8-9-25-39(6)13-12-26(38(4,5)24(39)11-14-40(25,42)7)55-34-32(48)30(46)28(44)21(3)53-34/h8,19-21,23-35,43-49H,9-18H2,1-7H3,(H,50,51)/t19-,20+,21-,23-,24+,25-,26+,27-,28-,29-,30+,31+,32-,33-,34+,35+,39+,40-,41+,42-/m1/s1. The summed E-state index contributed by atoms with van der Waals surface area (Å²) in [4.78, 5) is 28.8. The number of allylic oxidation sites excluding steroid dienone is 1.